The van der Waals surface area contributed by atoms with Gasteiger partial charge in [0, 0.05) is 44.0 Å². The van der Waals surface area contributed by atoms with E-state index in [2.05, 4.69) is 10.2 Å². The summed E-state index contributed by atoms with van der Waals surface area (Å²) in [7, 11) is 1.60. The van der Waals surface area contributed by atoms with Crippen LogP contribution in [0.2, 0.25) is 0 Å². The van der Waals surface area contributed by atoms with Gasteiger partial charge in [-0.25, -0.2) is 4.79 Å². The van der Waals surface area contributed by atoms with Crippen LogP contribution in [0.15, 0.2) is 24.3 Å². The van der Waals surface area contributed by atoms with Gasteiger partial charge >= 0.3 is 6.03 Å². The van der Waals surface area contributed by atoms with Gasteiger partial charge in [0.1, 0.15) is 5.75 Å². The van der Waals surface area contributed by atoms with Gasteiger partial charge in [-0.1, -0.05) is 6.07 Å². The van der Waals surface area contributed by atoms with E-state index in [-0.39, 0.29) is 18.2 Å². The van der Waals surface area contributed by atoms with Gasteiger partial charge in [0.15, 0.2) is 0 Å². The maximum atomic E-state index is 12.4. The predicted octanol–water partition coefficient (Wildman–Crippen LogP) is 1.61. The summed E-state index contributed by atoms with van der Waals surface area (Å²) in [6.07, 6.45) is -0.343. The van der Waals surface area contributed by atoms with Crippen molar-refractivity contribution in [1.29, 1.82) is 0 Å². The Morgan fingerprint density at radius 3 is 2.91 bits per heavy atom. The second-order valence-electron chi connectivity index (χ2n) is 5.81. The first-order valence-electron chi connectivity index (χ1n) is 7.61. The molecule has 6 heteroatoms. The van der Waals surface area contributed by atoms with E-state index in [0.717, 1.165) is 18.8 Å². The summed E-state index contributed by atoms with van der Waals surface area (Å²) < 4.78 is 5.16. The van der Waals surface area contributed by atoms with Gasteiger partial charge < -0.3 is 20.1 Å². The average molecular weight is 307 g/mol. The Balaban J connectivity index is 1.92. The molecule has 2 atom stereocenters. The highest BCUT2D eigenvalue weighted by Gasteiger charge is 2.27. The lowest BCUT2D eigenvalue weighted by atomic mass is 10.2. The van der Waals surface area contributed by atoms with Gasteiger partial charge in [-0.05, 0) is 26.0 Å². The zero-order chi connectivity index (χ0) is 16.1. The quantitative estimate of drug-likeness (QED) is 0.887. The van der Waals surface area contributed by atoms with E-state index in [1.807, 2.05) is 30.0 Å². The monoisotopic (exact) mass is 307 g/mol. The molecule has 0 saturated carbocycles. The molecule has 0 bridgehead atoms. The fourth-order valence-electron chi connectivity index (χ4n) is 2.77. The largest absolute Gasteiger partial charge is 0.497 e. The minimum Gasteiger partial charge on any atom is -0.497 e. The molecule has 2 amide bonds. The molecular weight excluding hydrogens is 282 g/mol. The van der Waals surface area contributed by atoms with Crippen molar-refractivity contribution in [2.75, 3.05) is 38.6 Å². The number of aliphatic hydroxyl groups is 1. The molecule has 1 heterocycles. The number of hydrogen-bond acceptors (Lipinski definition) is 4. The molecule has 22 heavy (non-hydrogen) atoms. The third-order valence-electron chi connectivity index (χ3n) is 3.82. The van der Waals surface area contributed by atoms with Crippen LogP contribution in [0, 0.1) is 0 Å². The van der Waals surface area contributed by atoms with Crippen molar-refractivity contribution >= 4 is 11.7 Å². The van der Waals surface area contributed by atoms with Gasteiger partial charge in [-0.2, -0.15) is 0 Å². The maximum Gasteiger partial charge on any atom is 0.322 e. The Kier molecular flexibility index (Phi) is 5.63. The van der Waals surface area contributed by atoms with Gasteiger partial charge in [0.05, 0.1) is 13.2 Å². The zero-order valence-electron chi connectivity index (χ0n) is 13.5. The van der Waals surface area contributed by atoms with Gasteiger partial charge in [-0.3, -0.25) is 4.90 Å². The minimum atomic E-state index is -0.343. The highest BCUT2D eigenvalue weighted by molar-refractivity contribution is 5.89. The molecule has 0 unspecified atom stereocenters. The van der Waals surface area contributed by atoms with E-state index in [4.69, 9.17) is 4.74 Å². The summed E-state index contributed by atoms with van der Waals surface area (Å²) in [4.78, 5) is 16.4. The lowest BCUT2D eigenvalue weighted by molar-refractivity contribution is 0.0692. The van der Waals surface area contributed by atoms with Crippen molar-refractivity contribution < 1.29 is 14.6 Å². The number of carbonyl (C=O) groups excluding carboxylic acids is 1. The van der Waals surface area contributed by atoms with Crippen LogP contribution in [0.3, 0.4) is 0 Å². The molecule has 0 radical (unpaired) electrons. The first-order valence-corrected chi connectivity index (χ1v) is 7.61. The van der Waals surface area contributed by atoms with Crippen LogP contribution in [-0.2, 0) is 0 Å². The summed E-state index contributed by atoms with van der Waals surface area (Å²) in [6, 6.07) is 7.34. The fourth-order valence-corrected chi connectivity index (χ4v) is 2.77. The zero-order valence-corrected chi connectivity index (χ0v) is 13.5. The van der Waals surface area contributed by atoms with Crippen molar-refractivity contribution in [3.63, 3.8) is 0 Å². The smallest absolute Gasteiger partial charge is 0.322 e. The molecule has 1 aromatic carbocycles. The lowest BCUT2D eigenvalue weighted by Gasteiger charge is -2.40. The summed E-state index contributed by atoms with van der Waals surface area (Å²) in [6.45, 7) is 6.67. The number of methoxy groups -OCH3 is 1. The molecule has 1 aromatic rings. The molecular formula is C16H25N3O3. The fraction of sp³-hybridized carbons (Fsp3) is 0.562. The molecule has 1 aliphatic heterocycles. The van der Waals surface area contributed by atoms with Crippen molar-refractivity contribution in [2.45, 2.75) is 26.0 Å². The van der Waals surface area contributed by atoms with Gasteiger partial charge in [0.2, 0.25) is 0 Å². The Hall–Kier alpha value is -1.79. The lowest BCUT2D eigenvalue weighted by Crippen LogP contribution is -2.56. The molecule has 122 valence electrons. The van der Waals surface area contributed by atoms with E-state index in [1.165, 1.54) is 0 Å². The topological polar surface area (TPSA) is 65.0 Å². The average Bonchev–Trinajstić information content (AvgIpc) is 2.46. The number of nitrogens with one attached hydrogen (secondary N) is 1. The number of nitrogens with zero attached hydrogens (tertiary/aromatic N) is 2. The van der Waals surface area contributed by atoms with Crippen LogP contribution in [0.5, 0.6) is 5.75 Å². The summed E-state index contributed by atoms with van der Waals surface area (Å²) in [5.41, 5.74) is 0.725. The van der Waals surface area contributed by atoms with Crippen LogP contribution < -0.4 is 10.1 Å². The first kappa shape index (κ1) is 16.6. The number of aliphatic hydroxyl groups excluding tert-OH is 1. The number of piperazine rings is 1. The van der Waals surface area contributed by atoms with Crippen LogP contribution >= 0.6 is 0 Å². The van der Waals surface area contributed by atoms with E-state index in [9.17, 15) is 9.90 Å². The van der Waals surface area contributed by atoms with Crippen molar-refractivity contribution in [2.24, 2.45) is 0 Å². The molecule has 6 nitrogen and oxygen atoms in total. The normalized spacial score (nSPS) is 20.5. The van der Waals surface area contributed by atoms with Crippen LogP contribution in [0.4, 0.5) is 10.5 Å². The van der Waals surface area contributed by atoms with Crippen molar-refractivity contribution in [1.82, 2.24) is 9.80 Å². The summed E-state index contributed by atoms with van der Waals surface area (Å²) in [5, 5.41) is 12.4. The predicted molar refractivity (Wildman–Crippen MR) is 86.3 cm³/mol. The Labute approximate surface area is 131 Å². The number of carbonyl (C=O) groups is 1. The van der Waals surface area contributed by atoms with Crippen LogP contribution in [0.1, 0.15) is 13.8 Å². The third-order valence-corrected chi connectivity index (χ3v) is 3.82. The Morgan fingerprint density at radius 1 is 1.50 bits per heavy atom. The van der Waals surface area contributed by atoms with Crippen molar-refractivity contribution in [3.8, 4) is 5.75 Å². The highest BCUT2D eigenvalue weighted by atomic mass is 16.5. The Bertz CT molecular complexity index is 507. The molecule has 2 N–H and O–H groups in total. The summed E-state index contributed by atoms with van der Waals surface area (Å²) in [5.74, 6) is 0.715. The number of rotatable bonds is 4. The van der Waals surface area contributed by atoms with E-state index >= 15 is 0 Å². The molecule has 2 rings (SSSR count). The SMILES string of the molecule is COc1cccc(NC(=O)N2CCN(C[C@H](C)O)C[C@@H]2C)c1. The van der Waals surface area contributed by atoms with E-state index in [1.54, 1.807) is 20.1 Å². The second-order valence-corrected chi connectivity index (χ2v) is 5.81. The van der Waals surface area contributed by atoms with E-state index < -0.39 is 0 Å². The van der Waals surface area contributed by atoms with Gasteiger partial charge in [-0.15, -0.1) is 0 Å². The standard InChI is InChI=1S/C16H25N3O3/c1-12-10-18(11-13(2)20)7-8-19(12)16(21)17-14-5-4-6-15(9-14)22-3/h4-6,9,12-13,20H,7-8,10-11H2,1-3H3,(H,17,21)/t12-,13-/m0/s1. The van der Waals surface area contributed by atoms with Crippen molar-refractivity contribution in [3.05, 3.63) is 24.3 Å². The molecule has 0 spiro atoms. The maximum absolute atomic E-state index is 12.4. The summed E-state index contributed by atoms with van der Waals surface area (Å²) >= 11 is 0. The Morgan fingerprint density at radius 2 is 2.27 bits per heavy atom. The number of anilines is 1. The molecule has 0 aliphatic carbocycles. The van der Waals surface area contributed by atoms with E-state index in [0.29, 0.717) is 18.8 Å². The number of hydrogen-bond donors (Lipinski definition) is 2. The first-order chi connectivity index (χ1) is 10.5. The molecule has 1 aliphatic rings. The number of β-amino-alcohol motifs (C(OH)–C–C–N with tert-alkyl or cyclic N) is 1. The number of benzene rings is 1. The van der Waals surface area contributed by atoms with Crippen LogP contribution in [-0.4, -0.2) is 66.4 Å². The third kappa shape index (κ3) is 4.35. The molecule has 1 fully saturated rings. The number of ether oxygens (including phenoxy) is 1. The molecule has 1 saturated heterocycles. The number of amides is 2. The number of urea groups is 1. The van der Waals surface area contributed by atoms with Gasteiger partial charge in [0.25, 0.3) is 0 Å². The molecule has 0 aromatic heterocycles. The second kappa shape index (κ2) is 7.47. The highest BCUT2D eigenvalue weighted by Crippen LogP contribution is 2.18. The van der Waals surface area contributed by atoms with Crippen LogP contribution in [0.25, 0.3) is 0 Å². The minimum absolute atomic E-state index is 0.0996.